The Balaban J connectivity index is 2.08. The molecule has 0 aromatic rings. The number of amides is 1. The Morgan fingerprint density at radius 1 is 1.50 bits per heavy atom. The van der Waals surface area contributed by atoms with Gasteiger partial charge in [0.15, 0.2) is 0 Å². The number of nitrogens with zero attached hydrogens (tertiary/aromatic N) is 1. The summed E-state index contributed by atoms with van der Waals surface area (Å²) in [5, 5.41) is 0. The van der Waals surface area contributed by atoms with E-state index in [9.17, 15) is 4.79 Å². The zero-order valence-electron chi connectivity index (χ0n) is 8.34. The number of allylic oxidation sites excluding steroid dienone is 2. The first-order valence-corrected chi connectivity index (χ1v) is 6.92. The van der Waals surface area contributed by atoms with Gasteiger partial charge in [0.05, 0.1) is 4.43 Å². The van der Waals surface area contributed by atoms with Crippen LogP contribution in [-0.2, 0) is 4.79 Å². The van der Waals surface area contributed by atoms with E-state index in [-0.39, 0.29) is 0 Å². The number of halogens is 1. The first-order valence-electron chi connectivity index (χ1n) is 5.40. The maximum absolute atomic E-state index is 11.8. The van der Waals surface area contributed by atoms with Gasteiger partial charge in [0, 0.05) is 11.7 Å². The van der Waals surface area contributed by atoms with Crippen molar-refractivity contribution >= 4 is 28.5 Å². The number of alkyl halides is 1. The molecule has 0 spiro atoms. The number of hydrogen-bond acceptors (Lipinski definition) is 1. The molecular weight excluding hydrogens is 289 g/mol. The summed E-state index contributed by atoms with van der Waals surface area (Å²) in [5.74, 6) is 0.307. The molecule has 0 aromatic carbocycles. The van der Waals surface area contributed by atoms with Crippen molar-refractivity contribution < 1.29 is 4.79 Å². The van der Waals surface area contributed by atoms with Gasteiger partial charge in [-0.2, -0.15) is 0 Å². The van der Waals surface area contributed by atoms with Crippen molar-refractivity contribution in [1.82, 2.24) is 4.90 Å². The molecule has 0 aliphatic heterocycles. The summed E-state index contributed by atoms with van der Waals surface area (Å²) in [6.07, 6.45) is 9.50. The quantitative estimate of drug-likeness (QED) is 0.580. The average molecular weight is 305 g/mol. The highest BCUT2D eigenvalue weighted by molar-refractivity contribution is 14.1. The van der Waals surface area contributed by atoms with Crippen molar-refractivity contribution in [3.63, 3.8) is 0 Å². The van der Waals surface area contributed by atoms with E-state index in [1.54, 1.807) is 0 Å². The minimum absolute atomic E-state index is 0.307. The summed E-state index contributed by atoms with van der Waals surface area (Å²) < 4.78 is 0.617. The third kappa shape index (κ3) is 2.30. The number of carbonyl (C=O) groups excluding carboxylic acids is 1. The zero-order chi connectivity index (χ0) is 9.97. The molecule has 2 aliphatic carbocycles. The lowest BCUT2D eigenvalue weighted by atomic mass is 10.0. The van der Waals surface area contributed by atoms with E-state index in [2.05, 4.69) is 33.6 Å². The van der Waals surface area contributed by atoms with Gasteiger partial charge in [-0.25, -0.2) is 0 Å². The lowest BCUT2D eigenvalue weighted by molar-refractivity contribution is -0.126. The van der Waals surface area contributed by atoms with E-state index < -0.39 is 0 Å². The second-order valence-electron chi connectivity index (χ2n) is 4.07. The van der Waals surface area contributed by atoms with Gasteiger partial charge in [-0.3, -0.25) is 4.79 Å². The van der Waals surface area contributed by atoms with E-state index in [0.29, 0.717) is 16.4 Å². The summed E-state index contributed by atoms with van der Waals surface area (Å²) in [6, 6.07) is 0.543. The Kier molecular flexibility index (Phi) is 3.47. The number of rotatable bonds is 3. The third-order valence-electron chi connectivity index (χ3n) is 2.87. The van der Waals surface area contributed by atoms with Crippen molar-refractivity contribution in [2.45, 2.75) is 44.6 Å². The average Bonchev–Trinajstić information content (AvgIpc) is 3.04. The van der Waals surface area contributed by atoms with Gasteiger partial charge < -0.3 is 4.90 Å². The molecule has 0 unspecified atom stereocenters. The van der Waals surface area contributed by atoms with Crippen molar-refractivity contribution in [3.8, 4) is 0 Å². The molecule has 2 aliphatic rings. The molecule has 2 nitrogen and oxygen atoms in total. The van der Waals surface area contributed by atoms with Crippen LogP contribution in [0.1, 0.15) is 38.5 Å². The molecule has 0 atom stereocenters. The SMILES string of the molecule is O=C(CI)N(C1=CCCCC1)C1CC1. The van der Waals surface area contributed by atoms with Crippen LogP contribution in [0.25, 0.3) is 0 Å². The van der Waals surface area contributed by atoms with Crippen LogP contribution in [0.2, 0.25) is 0 Å². The molecule has 0 radical (unpaired) electrons. The second-order valence-corrected chi connectivity index (χ2v) is 4.83. The van der Waals surface area contributed by atoms with Crippen LogP contribution in [0.5, 0.6) is 0 Å². The largest absolute Gasteiger partial charge is 0.313 e. The maximum atomic E-state index is 11.8. The Morgan fingerprint density at radius 2 is 2.29 bits per heavy atom. The fraction of sp³-hybridized carbons (Fsp3) is 0.727. The highest BCUT2D eigenvalue weighted by Gasteiger charge is 2.34. The highest BCUT2D eigenvalue weighted by atomic mass is 127. The van der Waals surface area contributed by atoms with Crippen LogP contribution < -0.4 is 0 Å². The molecule has 1 fully saturated rings. The Bertz CT molecular complexity index is 258. The summed E-state index contributed by atoms with van der Waals surface area (Å²) in [4.78, 5) is 13.8. The summed E-state index contributed by atoms with van der Waals surface area (Å²) >= 11 is 2.17. The van der Waals surface area contributed by atoms with Crippen LogP contribution in [0.4, 0.5) is 0 Å². The normalized spacial score (nSPS) is 21.6. The van der Waals surface area contributed by atoms with Crippen molar-refractivity contribution in [2.24, 2.45) is 0 Å². The summed E-state index contributed by atoms with van der Waals surface area (Å²) in [6.45, 7) is 0. The number of carbonyl (C=O) groups is 1. The lowest BCUT2D eigenvalue weighted by Crippen LogP contribution is -2.33. The van der Waals surface area contributed by atoms with Gasteiger partial charge in [0.1, 0.15) is 0 Å². The van der Waals surface area contributed by atoms with Gasteiger partial charge in [0.2, 0.25) is 5.91 Å². The van der Waals surface area contributed by atoms with Gasteiger partial charge in [-0.1, -0.05) is 28.7 Å². The minimum atomic E-state index is 0.307. The summed E-state index contributed by atoms with van der Waals surface area (Å²) in [5.41, 5.74) is 1.31. The van der Waals surface area contributed by atoms with Crippen molar-refractivity contribution in [1.29, 1.82) is 0 Å². The molecule has 2 rings (SSSR count). The second kappa shape index (κ2) is 4.64. The standard InChI is InChI=1S/C11H16INO/c12-8-11(14)13(10-6-7-10)9-4-2-1-3-5-9/h4,10H,1-3,5-8H2. The predicted octanol–water partition coefficient (Wildman–Crippen LogP) is 2.87. The summed E-state index contributed by atoms with van der Waals surface area (Å²) in [7, 11) is 0. The van der Waals surface area contributed by atoms with E-state index in [1.165, 1.54) is 31.4 Å². The van der Waals surface area contributed by atoms with E-state index in [4.69, 9.17) is 0 Å². The zero-order valence-corrected chi connectivity index (χ0v) is 10.5. The Hall–Kier alpha value is -0.0600. The van der Waals surface area contributed by atoms with Crippen LogP contribution in [0, 0.1) is 0 Å². The first-order chi connectivity index (χ1) is 6.83. The number of hydrogen-bond donors (Lipinski definition) is 0. The van der Waals surface area contributed by atoms with Gasteiger partial charge in [0.25, 0.3) is 0 Å². The fourth-order valence-corrected chi connectivity index (χ4v) is 2.40. The minimum Gasteiger partial charge on any atom is -0.313 e. The van der Waals surface area contributed by atoms with Crippen LogP contribution in [0.15, 0.2) is 11.8 Å². The van der Waals surface area contributed by atoms with Gasteiger partial charge in [-0.05, 0) is 38.5 Å². The highest BCUT2D eigenvalue weighted by Crippen LogP contribution is 2.33. The molecular formula is C11H16INO. The molecule has 0 bridgehead atoms. The first kappa shape index (κ1) is 10.5. The Morgan fingerprint density at radius 3 is 2.79 bits per heavy atom. The van der Waals surface area contributed by atoms with Crippen LogP contribution in [0.3, 0.4) is 0 Å². The van der Waals surface area contributed by atoms with Gasteiger partial charge >= 0.3 is 0 Å². The van der Waals surface area contributed by atoms with E-state index >= 15 is 0 Å². The fourth-order valence-electron chi connectivity index (χ4n) is 2.04. The molecule has 78 valence electrons. The topological polar surface area (TPSA) is 20.3 Å². The smallest absolute Gasteiger partial charge is 0.236 e. The monoisotopic (exact) mass is 305 g/mol. The van der Waals surface area contributed by atoms with E-state index in [0.717, 1.165) is 12.8 Å². The third-order valence-corrected chi connectivity index (χ3v) is 3.52. The van der Waals surface area contributed by atoms with Crippen LogP contribution in [-0.4, -0.2) is 21.3 Å². The molecule has 0 aromatic heterocycles. The molecule has 0 N–H and O–H groups in total. The molecule has 0 heterocycles. The van der Waals surface area contributed by atoms with E-state index in [1.807, 2.05) is 0 Å². The van der Waals surface area contributed by atoms with Gasteiger partial charge in [-0.15, -0.1) is 0 Å². The predicted molar refractivity (Wildman–Crippen MR) is 65.3 cm³/mol. The molecule has 14 heavy (non-hydrogen) atoms. The molecule has 3 heteroatoms. The van der Waals surface area contributed by atoms with Crippen molar-refractivity contribution in [2.75, 3.05) is 4.43 Å². The lowest BCUT2D eigenvalue weighted by Gasteiger charge is -2.27. The Labute approximate surface area is 98.9 Å². The van der Waals surface area contributed by atoms with Crippen LogP contribution >= 0.6 is 22.6 Å². The molecule has 1 saturated carbocycles. The molecule has 0 saturated heterocycles. The maximum Gasteiger partial charge on any atom is 0.236 e. The molecule has 1 amide bonds. The van der Waals surface area contributed by atoms with Crippen molar-refractivity contribution in [3.05, 3.63) is 11.8 Å².